The molecule has 0 fully saturated rings. The number of aromatic hydroxyl groups is 1. The van der Waals surface area contributed by atoms with Gasteiger partial charge in [0, 0.05) is 18.2 Å². The molecule has 0 saturated heterocycles. The number of aliphatic imine (C=N–C) groups is 1. The number of nitrogens with zero attached hydrogens (tertiary/aromatic N) is 1. The topological polar surface area (TPSA) is 96.2 Å². The summed E-state index contributed by atoms with van der Waals surface area (Å²) in [6.07, 6.45) is 5.90. The molecule has 1 heterocycles. The van der Waals surface area contributed by atoms with Crippen molar-refractivity contribution in [2.24, 2.45) is 4.99 Å². The second-order valence-corrected chi connectivity index (χ2v) is 8.69. The number of hydrogen-bond donors (Lipinski definition) is 2. The number of aromatic carboxylic acids is 1. The molecule has 0 aliphatic carbocycles. The van der Waals surface area contributed by atoms with Crippen LogP contribution in [-0.2, 0) is 6.42 Å². The molecule has 1 atom stereocenters. The molecule has 0 amide bonds. The Morgan fingerprint density at radius 1 is 1.06 bits per heavy atom. The molecule has 1 aliphatic rings. The van der Waals surface area contributed by atoms with Crippen LogP contribution in [0.25, 0.3) is 11.1 Å². The largest absolute Gasteiger partial charge is 0.508 e. The molecule has 6 nitrogen and oxygen atoms in total. The zero-order chi connectivity index (χ0) is 25.0. The third kappa shape index (κ3) is 5.12. The molecule has 4 rings (SSSR count). The van der Waals surface area contributed by atoms with Gasteiger partial charge in [-0.05, 0) is 77.7 Å². The van der Waals surface area contributed by atoms with Crippen molar-refractivity contribution in [1.82, 2.24) is 0 Å². The monoisotopic (exact) mass is 489 g/mol. The van der Waals surface area contributed by atoms with Crippen LogP contribution in [0.3, 0.4) is 0 Å². The molecule has 1 aliphatic heterocycles. The summed E-state index contributed by atoms with van der Waals surface area (Å²) >= 11 is 6.45. The fourth-order valence-electron chi connectivity index (χ4n) is 3.99. The smallest absolute Gasteiger partial charge is 0.335 e. The lowest BCUT2D eigenvalue weighted by molar-refractivity contribution is 0.0696. The molecule has 3 aromatic carbocycles. The first-order valence-corrected chi connectivity index (χ1v) is 11.6. The van der Waals surface area contributed by atoms with Gasteiger partial charge >= 0.3 is 5.97 Å². The van der Waals surface area contributed by atoms with Crippen molar-refractivity contribution in [1.29, 1.82) is 0 Å². The summed E-state index contributed by atoms with van der Waals surface area (Å²) in [6, 6.07) is 16.5. The van der Waals surface area contributed by atoms with Crippen LogP contribution in [0.4, 0.5) is 0 Å². The van der Waals surface area contributed by atoms with E-state index in [0.29, 0.717) is 34.6 Å². The molecule has 0 saturated carbocycles. The first-order valence-electron chi connectivity index (χ1n) is 11.2. The van der Waals surface area contributed by atoms with Crippen molar-refractivity contribution in [2.45, 2.75) is 25.3 Å². The second-order valence-electron chi connectivity index (χ2n) is 8.29. The number of carbonyl (C=O) groups is 2. The number of phenolic OH excluding ortho intramolecular Hbond substituents is 1. The number of ketones is 1. The molecule has 178 valence electrons. The highest BCUT2D eigenvalue weighted by Gasteiger charge is 2.39. The number of carboxylic acid groups (broad SMARTS) is 1. The molecule has 7 heteroatoms. The summed E-state index contributed by atoms with van der Waals surface area (Å²) in [6.45, 7) is 2.55. The number of benzene rings is 3. The second kappa shape index (κ2) is 10.2. The van der Waals surface area contributed by atoms with Crippen LogP contribution in [0.5, 0.6) is 11.5 Å². The molecule has 2 N–H and O–H groups in total. The predicted molar refractivity (Wildman–Crippen MR) is 136 cm³/mol. The van der Waals surface area contributed by atoms with E-state index in [2.05, 4.69) is 4.99 Å². The van der Waals surface area contributed by atoms with Crippen LogP contribution in [0.1, 0.15) is 39.6 Å². The fraction of sp³-hybridized carbons (Fsp3) is 0.179. The average molecular weight is 490 g/mol. The zero-order valence-electron chi connectivity index (χ0n) is 19.1. The number of hydrogen-bond acceptors (Lipinski definition) is 5. The molecule has 0 bridgehead atoms. The van der Waals surface area contributed by atoms with Gasteiger partial charge in [0.25, 0.3) is 0 Å². The maximum atomic E-state index is 13.7. The summed E-state index contributed by atoms with van der Waals surface area (Å²) in [5, 5.41) is 20.2. The summed E-state index contributed by atoms with van der Waals surface area (Å²) in [5.41, 5.74) is 1.10. The Bertz CT molecular complexity index is 1330. The number of carboxylic acids is 1. The van der Waals surface area contributed by atoms with Gasteiger partial charge in [-0.2, -0.15) is 0 Å². The highest BCUT2D eigenvalue weighted by Crippen LogP contribution is 2.35. The van der Waals surface area contributed by atoms with Crippen LogP contribution in [-0.4, -0.2) is 40.3 Å². The van der Waals surface area contributed by atoms with E-state index in [-0.39, 0.29) is 28.5 Å². The highest BCUT2D eigenvalue weighted by atomic mass is 35.5. The van der Waals surface area contributed by atoms with E-state index >= 15 is 0 Å². The van der Waals surface area contributed by atoms with Crippen molar-refractivity contribution < 1.29 is 24.5 Å². The Morgan fingerprint density at radius 3 is 2.54 bits per heavy atom. The van der Waals surface area contributed by atoms with E-state index in [0.717, 1.165) is 6.42 Å². The van der Waals surface area contributed by atoms with E-state index in [4.69, 9.17) is 16.3 Å². The van der Waals surface area contributed by atoms with Crippen molar-refractivity contribution >= 4 is 29.6 Å². The number of rotatable bonds is 9. The van der Waals surface area contributed by atoms with Crippen molar-refractivity contribution in [3.05, 3.63) is 94.5 Å². The summed E-state index contributed by atoms with van der Waals surface area (Å²) in [5.74, 6) is -0.724. The van der Waals surface area contributed by atoms with Gasteiger partial charge in [-0.3, -0.25) is 9.79 Å². The molecule has 0 aromatic heterocycles. The van der Waals surface area contributed by atoms with E-state index in [9.17, 15) is 19.8 Å². The number of Topliss-reactive ketones (excluding diaryl/α,β-unsaturated/α-hetero) is 1. The van der Waals surface area contributed by atoms with Gasteiger partial charge in [-0.25, -0.2) is 4.79 Å². The van der Waals surface area contributed by atoms with E-state index in [1.54, 1.807) is 66.9 Å². The normalized spacial score (nSPS) is 16.4. The number of allylic oxidation sites excluding steroid dienone is 1. The van der Waals surface area contributed by atoms with Gasteiger partial charge in [0.05, 0.1) is 17.2 Å². The molecule has 3 aromatic rings. The molecule has 0 radical (unpaired) electrons. The third-order valence-corrected chi connectivity index (χ3v) is 6.11. The van der Waals surface area contributed by atoms with Crippen LogP contribution < -0.4 is 4.74 Å². The first kappa shape index (κ1) is 24.2. The SMILES string of the molecule is CCCOc1ccc(C(=O)C2(Cc3cc(-c4cccc(C(=O)O)c4)ccc3O)C=CC=N2)c(Cl)c1. The lowest BCUT2D eigenvalue weighted by atomic mass is 9.83. The average Bonchev–Trinajstić information content (AvgIpc) is 3.33. The van der Waals surface area contributed by atoms with E-state index < -0.39 is 11.5 Å². The van der Waals surface area contributed by atoms with Gasteiger partial charge < -0.3 is 14.9 Å². The fourth-order valence-corrected chi connectivity index (χ4v) is 4.25. The van der Waals surface area contributed by atoms with Crippen molar-refractivity contribution in [2.75, 3.05) is 6.61 Å². The minimum absolute atomic E-state index is 0.0141. The Labute approximate surface area is 208 Å². The van der Waals surface area contributed by atoms with Crippen LogP contribution in [0.2, 0.25) is 5.02 Å². The molecular formula is C28H24ClNO5. The number of phenols is 1. The maximum absolute atomic E-state index is 13.7. The number of halogens is 1. The number of carbonyl (C=O) groups excluding carboxylic acids is 1. The molecular weight excluding hydrogens is 466 g/mol. The van der Waals surface area contributed by atoms with Crippen LogP contribution in [0, 0.1) is 0 Å². The summed E-state index contributed by atoms with van der Waals surface area (Å²) in [4.78, 5) is 29.5. The van der Waals surface area contributed by atoms with Crippen LogP contribution >= 0.6 is 11.6 Å². The van der Waals surface area contributed by atoms with Gasteiger partial charge in [-0.15, -0.1) is 0 Å². The van der Waals surface area contributed by atoms with Crippen molar-refractivity contribution in [3.63, 3.8) is 0 Å². The Balaban J connectivity index is 1.67. The lowest BCUT2D eigenvalue weighted by Gasteiger charge is -2.24. The Hall–Kier alpha value is -3.90. The quantitative estimate of drug-likeness (QED) is 0.359. The first-order chi connectivity index (χ1) is 16.8. The van der Waals surface area contributed by atoms with Gasteiger partial charge in [0.2, 0.25) is 0 Å². The van der Waals surface area contributed by atoms with Gasteiger partial charge in [-0.1, -0.05) is 36.7 Å². The standard InChI is InChI=1S/C28H24ClNO5/c1-2-13-35-22-8-9-23(24(29)16-22)26(32)28(11-4-12-30-28)17-21-15-19(7-10-25(21)31)18-5-3-6-20(14-18)27(33)34/h3-12,14-16,31H,2,13,17H2,1H3,(H,33,34). The lowest BCUT2D eigenvalue weighted by Crippen LogP contribution is -2.36. The summed E-state index contributed by atoms with van der Waals surface area (Å²) < 4.78 is 5.60. The van der Waals surface area contributed by atoms with E-state index in [1.807, 2.05) is 6.92 Å². The zero-order valence-corrected chi connectivity index (χ0v) is 19.8. The Morgan fingerprint density at radius 2 is 1.86 bits per heavy atom. The molecule has 1 unspecified atom stereocenters. The van der Waals surface area contributed by atoms with Gasteiger partial charge in [0.1, 0.15) is 17.0 Å². The van der Waals surface area contributed by atoms with Crippen molar-refractivity contribution in [3.8, 4) is 22.6 Å². The molecule has 0 spiro atoms. The molecule has 35 heavy (non-hydrogen) atoms. The number of ether oxygens (including phenoxy) is 1. The summed E-state index contributed by atoms with van der Waals surface area (Å²) in [7, 11) is 0. The van der Waals surface area contributed by atoms with Gasteiger partial charge in [0.15, 0.2) is 5.78 Å². The highest BCUT2D eigenvalue weighted by molar-refractivity contribution is 6.34. The third-order valence-electron chi connectivity index (χ3n) is 5.80. The van der Waals surface area contributed by atoms with Crippen LogP contribution in [0.15, 0.2) is 77.8 Å². The van der Waals surface area contributed by atoms with E-state index in [1.165, 1.54) is 12.1 Å². The Kier molecular flexibility index (Phi) is 7.03. The predicted octanol–water partition coefficient (Wildman–Crippen LogP) is 6.00. The minimum Gasteiger partial charge on any atom is -0.508 e. The maximum Gasteiger partial charge on any atom is 0.335 e. The minimum atomic E-state index is -1.27.